The van der Waals surface area contributed by atoms with Gasteiger partial charge in [-0.3, -0.25) is 0 Å². The second kappa shape index (κ2) is 3.23. The summed E-state index contributed by atoms with van der Waals surface area (Å²) in [5, 5.41) is 4.33. The van der Waals surface area contributed by atoms with Crippen LogP contribution in [0.4, 0.5) is 11.4 Å². The zero-order chi connectivity index (χ0) is 12.1. The second-order valence-electron chi connectivity index (χ2n) is 4.33. The molecular formula is C15H9NO2. The van der Waals surface area contributed by atoms with E-state index < -0.39 is 0 Å². The van der Waals surface area contributed by atoms with E-state index in [9.17, 15) is 4.79 Å². The van der Waals surface area contributed by atoms with E-state index in [2.05, 4.69) is 5.32 Å². The van der Waals surface area contributed by atoms with Gasteiger partial charge in [-0.1, -0.05) is 24.3 Å². The van der Waals surface area contributed by atoms with Crippen LogP contribution < -0.4 is 10.9 Å². The van der Waals surface area contributed by atoms with Gasteiger partial charge in [-0.2, -0.15) is 0 Å². The quantitative estimate of drug-likeness (QED) is 0.474. The molecule has 1 aliphatic rings. The van der Waals surface area contributed by atoms with Gasteiger partial charge in [-0.15, -0.1) is 0 Å². The van der Waals surface area contributed by atoms with Crippen molar-refractivity contribution in [2.24, 2.45) is 0 Å². The molecule has 3 aromatic rings. The third-order valence-electron chi connectivity index (χ3n) is 3.25. The van der Waals surface area contributed by atoms with E-state index in [4.69, 9.17) is 4.42 Å². The Balaban J connectivity index is 2.26. The van der Waals surface area contributed by atoms with Crippen molar-refractivity contribution in [1.29, 1.82) is 0 Å². The molecule has 3 nitrogen and oxygen atoms in total. The number of fused-ring (bicyclic) bond motifs is 2. The van der Waals surface area contributed by atoms with E-state index >= 15 is 0 Å². The van der Waals surface area contributed by atoms with Gasteiger partial charge in [0.05, 0.1) is 5.69 Å². The highest BCUT2D eigenvalue weighted by Crippen LogP contribution is 2.42. The smallest absolute Gasteiger partial charge is 0.336 e. The molecule has 0 aliphatic carbocycles. The van der Waals surface area contributed by atoms with Crippen molar-refractivity contribution in [2.75, 3.05) is 5.32 Å². The third kappa shape index (κ3) is 1.16. The van der Waals surface area contributed by atoms with Gasteiger partial charge < -0.3 is 9.73 Å². The molecule has 3 heteroatoms. The van der Waals surface area contributed by atoms with Crippen LogP contribution in [0.25, 0.3) is 22.1 Å². The molecule has 0 saturated heterocycles. The Morgan fingerprint density at radius 1 is 0.889 bits per heavy atom. The van der Waals surface area contributed by atoms with Crippen LogP contribution in [0.2, 0.25) is 0 Å². The topological polar surface area (TPSA) is 42.2 Å². The van der Waals surface area contributed by atoms with Crippen LogP contribution in [0.1, 0.15) is 0 Å². The molecule has 0 radical (unpaired) electrons. The molecule has 0 unspecified atom stereocenters. The van der Waals surface area contributed by atoms with Gasteiger partial charge in [0.15, 0.2) is 0 Å². The standard InChI is InChI=1S/C15H9NO2/c17-14-8-10-9-4-1-2-5-11(9)16-12-6-3-7-13(18-14)15(10)12/h1-8,16H. The lowest BCUT2D eigenvalue weighted by molar-refractivity contribution is 0.561. The number of para-hydroxylation sites is 1. The fourth-order valence-electron chi connectivity index (χ4n) is 2.51. The van der Waals surface area contributed by atoms with E-state index in [1.54, 1.807) is 6.07 Å². The van der Waals surface area contributed by atoms with Crippen molar-refractivity contribution in [3.8, 4) is 11.1 Å². The zero-order valence-corrected chi connectivity index (χ0v) is 9.44. The van der Waals surface area contributed by atoms with E-state index in [0.29, 0.717) is 5.58 Å². The first kappa shape index (κ1) is 9.48. The molecule has 1 N–H and O–H groups in total. The Bertz CT molecular complexity index is 833. The molecule has 2 heterocycles. The maximum Gasteiger partial charge on any atom is 0.336 e. The molecule has 1 aliphatic heterocycles. The lowest BCUT2D eigenvalue weighted by atomic mass is 9.96. The first-order valence-corrected chi connectivity index (χ1v) is 5.76. The highest BCUT2D eigenvalue weighted by Gasteiger charge is 2.18. The van der Waals surface area contributed by atoms with Gasteiger partial charge in [-0.25, -0.2) is 4.79 Å². The van der Waals surface area contributed by atoms with E-state index in [-0.39, 0.29) is 5.63 Å². The molecule has 0 saturated carbocycles. The minimum atomic E-state index is -0.314. The fraction of sp³-hybridized carbons (Fsp3) is 0. The average Bonchev–Trinajstić information content (AvgIpc) is 2.38. The molecule has 4 rings (SSSR count). The highest BCUT2D eigenvalue weighted by atomic mass is 16.4. The number of benzene rings is 2. The largest absolute Gasteiger partial charge is 0.423 e. The molecule has 86 valence electrons. The van der Waals surface area contributed by atoms with E-state index in [1.807, 2.05) is 42.5 Å². The van der Waals surface area contributed by atoms with Gasteiger partial charge in [-0.05, 0) is 18.2 Å². The Hall–Kier alpha value is -2.55. The molecule has 0 atom stereocenters. The predicted octanol–water partition coefficient (Wildman–Crippen LogP) is 3.52. The number of rotatable bonds is 0. The van der Waals surface area contributed by atoms with Crippen LogP contribution in [-0.4, -0.2) is 0 Å². The van der Waals surface area contributed by atoms with Crippen LogP contribution in [0.5, 0.6) is 0 Å². The zero-order valence-electron chi connectivity index (χ0n) is 9.44. The summed E-state index contributed by atoms with van der Waals surface area (Å²) >= 11 is 0. The molecular weight excluding hydrogens is 226 g/mol. The minimum absolute atomic E-state index is 0.314. The molecule has 0 fully saturated rings. The first-order valence-electron chi connectivity index (χ1n) is 5.76. The monoisotopic (exact) mass is 235 g/mol. The first-order chi connectivity index (χ1) is 8.83. The minimum Gasteiger partial charge on any atom is -0.423 e. The normalized spacial score (nSPS) is 12.0. The summed E-state index contributed by atoms with van der Waals surface area (Å²) in [7, 11) is 0. The Morgan fingerprint density at radius 3 is 2.67 bits per heavy atom. The van der Waals surface area contributed by atoms with E-state index in [1.165, 1.54) is 0 Å². The van der Waals surface area contributed by atoms with Crippen LogP contribution in [0.15, 0.2) is 57.7 Å². The SMILES string of the molecule is O=c1cc2c3c(cccc3o1)Nc1ccccc1-2. The lowest BCUT2D eigenvalue weighted by Crippen LogP contribution is -2.05. The molecule has 18 heavy (non-hydrogen) atoms. The second-order valence-corrected chi connectivity index (χ2v) is 4.33. The predicted molar refractivity (Wildman–Crippen MR) is 71.2 cm³/mol. The van der Waals surface area contributed by atoms with Crippen molar-refractivity contribution >= 4 is 22.3 Å². The van der Waals surface area contributed by atoms with Crippen LogP contribution in [-0.2, 0) is 0 Å². The maximum absolute atomic E-state index is 11.6. The number of hydrogen-bond acceptors (Lipinski definition) is 3. The number of nitrogens with one attached hydrogen (secondary N) is 1. The fourth-order valence-corrected chi connectivity index (χ4v) is 2.51. The summed E-state index contributed by atoms with van der Waals surface area (Å²) in [6, 6.07) is 15.2. The summed E-state index contributed by atoms with van der Waals surface area (Å²) in [5.41, 5.74) is 4.27. The van der Waals surface area contributed by atoms with Crippen LogP contribution in [0, 0.1) is 0 Å². The average molecular weight is 235 g/mol. The van der Waals surface area contributed by atoms with Gasteiger partial charge in [0, 0.05) is 28.3 Å². The summed E-state index contributed by atoms with van der Waals surface area (Å²) in [6.45, 7) is 0. The Kier molecular flexibility index (Phi) is 1.70. The lowest BCUT2D eigenvalue weighted by Gasteiger charge is -2.20. The van der Waals surface area contributed by atoms with Crippen LogP contribution in [0.3, 0.4) is 0 Å². The van der Waals surface area contributed by atoms with Crippen LogP contribution >= 0.6 is 0 Å². The van der Waals surface area contributed by atoms with Crippen molar-refractivity contribution < 1.29 is 4.42 Å². The molecule has 0 bridgehead atoms. The molecule has 2 aromatic carbocycles. The maximum atomic E-state index is 11.6. The van der Waals surface area contributed by atoms with Gasteiger partial charge in [0.1, 0.15) is 5.58 Å². The van der Waals surface area contributed by atoms with Crippen molar-refractivity contribution in [3.05, 3.63) is 59.0 Å². The summed E-state index contributed by atoms with van der Waals surface area (Å²) in [4.78, 5) is 11.6. The highest BCUT2D eigenvalue weighted by molar-refractivity contribution is 6.09. The number of anilines is 2. The van der Waals surface area contributed by atoms with Gasteiger partial charge >= 0.3 is 5.63 Å². The van der Waals surface area contributed by atoms with Crippen molar-refractivity contribution in [2.45, 2.75) is 0 Å². The third-order valence-corrected chi connectivity index (χ3v) is 3.25. The van der Waals surface area contributed by atoms with Gasteiger partial charge in [0.2, 0.25) is 0 Å². The molecule has 1 aromatic heterocycles. The molecule has 0 amide bonds. The van der Waals surface area contributed by atoms with Crippen molar-refractivity contribution in [3.63, 3.8) is 0 Å². The Labute approximate surface area is 103 Å². The number of hydrogen-bond donors (Lipinski definition) is 1. The van der Waals surface area contributed by atoms with Crippen molar-refractivity contribution in [1.82, 2.24) is 0 Å². The Morgan fingerprint density at radius 2 is 1.72 bits per heavy atom. The summed E-state index contributed by atoms with van der Waals surface area (Å²) in [6.07, 6.45) is 0. The summed E-state index contributed by atoms with van der Waals surface area (Å²) < 4.78 is 5.24. The van der Waals surface area contributed by atoms with Gasteiger partial charge in [0.25, 0.3) is 0 Å². The summed E-state index contributed by atoms with van der Waals surface area (Å²) in [5.74, 6) is 0. The van der Waals surface area contributed by atoms with E-state index in [0.717, 1.165) is 27.9 Å². The molecule has 0 spiro atoms.